The summed E-state index contributed by atoms with van der Waals surface area (Å²) < 4.78 is 4.46. The maximum absolute atomic E-state index is 10.7. The monoisotopic (exact) mass is 179 g/mol. The molecule has 5 atom stereocenters. The number of hydrogen-bond acceptors (Lipinski definition) is 5. The minimum absolute atomic E-state index is 0.566. The van der Waals surface area contributed by atoms with Gasteiger partial charge in [0.2, 0.25) is 6.29 Å². The Hall–Kier alpha value is -0.240. The Morgan fingerprint density at radius 3 is 2.17 bits per heavy atom. The Morgan fingerprint density at radius 1 is 1.08 bits per heavy atom. The van der Waals surface area contributed by atoms with Gasteiger partial charge in [-0.05, 0) is 0 Å². The van der Waals surface area contributed by atoms with E-state index < -0.39 is 37.3 Å². The van der Waals surface area contributed by atoms with Gasteiger partial charge >= 0.3 is 0 Å². The fourth-order valence-electron chi connectivity index (χ4n) is 1.07. The molecule has 1 heterocycles. The lowest BCUT2D eigenvalue weighted by molar-refractivity contribution is -0.303. The van der Waals surface area contributed by atoms with Crippen LogP contribution in [0.5, 0.6) is 0 Å². The highest BCUT2D eigenvalue weighted by atomic mass is 16.6. The van der Waals surface area contributed by atoms with Gasteiger partial charge in [-0.2, -0.15) is 5.11 Å². The Kier molecular flexibility index (Phi) is 2.99. The van der Waals surface area contributed by atoms with Gasteiger partial charge < -0.3 is 25.2 Å². The second-order valence-electron chi connectivity index (χ2n) is 2.70. The summed E-state index contributed by atoms with van der Waals surface area (Å²) >= 11 is 0. The van der Waals surface area contributed by atoms with Crippen LogP contribution in [0.2, 0.25) is 0 Å². The zero-order valence-electron chi connectivity index (χ0n) is 6.20. The van der Waals surface area contributed by atoms with Gasteiger partial charge in [0.05, 0.1) is 6.61 Å². The predicted molar refractivity (Wildman–Crippen MR) is 34.5 cm³/mol. The van der Waals surface area contributed by atoms with Crippen molar-refractivity contribution < 1.29 is 30.3 Å². The summed E-state index contributed by atoms with van der Waals surface area (Å²) in [5.41, 5.74) is 0. The van der Waals surface area contributed by atoms with Crippen LogP contribution in [-0.2, 0) is 9.84 Å². The number of aliphatic hydroxyl groups excluding tert-OH is 4. The van der Waals surface area contributed by atoms with Gasteiger partial charge in [0.1, 0.15) is 24.4 Å². The molecule has 71 valence electrons. The molecule has 0 amide bonds. The second-order valence-corrected chi connectivity index (χ2v) is 2.70. The first-order valence-corrected chi connectivity index (χ1v) is 3.54. The summed E-state index contributed by atoms with van der Waals surface area (Å²) in [5.74, 6) is 0. The first-order valence-electron chi connectivity index (χ1n) is 3.54. The molecule has 0 bridgehead atoms. The van der Waals surface area contributed by atoms with Crippen LogP contribution in [-0.4, -0.2) is 57.7 Å². The number of rotatable bonds is 1. The van der Waals surface area contributed by atoms with Gasteiger partial charge in [-0.1, -0.05) is 0 Å². The largest absolute Gasteiger partial charge is 0.394 e. The fraction of sp³-hybridized carbons (Fsp3) is 1.00. The zero-order valence-corrected chi connectivity index (χ0v) is 6.20. The third-order valence-corrected chi connectivity index (χ3v) is 1.85. The van der Waals surface area contributed by atoms with E-state index >= 15 is 0 Å². The van der Waals surface area contributed by atoms with Crippen molar-refractivity contribution in [1.29, 1.82) is 0 Å². The van der Waals surface area contributed by atoms with E-state index in [0.29, 0.717) is 0 Å². The third kappa shape index (κ3) is 1.58. The van der Waals surface area contributed by atoms with E-state index in [9.17, 15) is 5.11 Å². The molecule has 0 aromatic heterocycles. The first kappa shape index (κ1) is 9.85. The molecule has 1 radical (unpaired) electrons. The Labute approximate surface area is 68.6 Å². The smallest absolute Gasteiger partial charge is 0.220 e. The maximum atomic E-state index is 10.7. The molecular weight excluding hydrogens is 168 g/mol. The second kappa shape index (κ2) is 3.65. The highest BCUT2D eigenvalue weighted by molar-refractivity contribution is 4.87. The lowest BCUT2D eigenvalue weighted by Gasteiger charge is -2.36. The highest BCUT2D eigenvalue weighted by Gasteiger charge is 2.43. The molecule has 0 saturated carbocycles. The average Bonchev–Trinajstić information content (AvgIpc) is 2.08. The van der Waals surface area contributed by atoms with Gasteiger partial charge in [0.25, 0.3) is 0 Å². The van der Waals surface area contributed by atoms with Gasteiger partial charge in [-0.25, -0.2) is 0 Å². The van der Waals surface area contributed by atoms with Crippen LogP contribution >= 0.6 is 0 Å². The van der Waals surface area contributed by atoms with Crippen molar-refractivity contribution in [2.24, 2.45) is 0 Å². The number of ether oxygens (including phenoxy) is 1. The Bertz CT molecular complexity index is 146. The molecule has 1 saturated heterocycles. The highest BCUT2D eigenvalue weighted by Crippen LogP contribution is 2.19. The van der Waals surface area contributed by atoms with Crippen molar-refractivity contribution in [2.75, 3.05) is 6.61 Å². The summed E-state index contributed by atoms with van der Waals surface area (Å²) in [4.78, 5) is 0. The summed E-state index contributed by atoms with van der Waals surface area (Å²) in [7, 11) is 0. The van der Waals surface area contributed by atoms with Crippen LogP contribution in [0.25, 0.3) is 0 Å². The van der Waals surface area contributed by atoms with Crippen molar-refractivity contribution >= 4 is 0 Å². The molecular formula is C6H11O6. The molecule has 0 aliphatic carbocycles. The molecule has 1 rings (SSSR count). The SMILES string of the molecule is [O][C@H]1O[C@H](CO)[C@@H](O)[C@H](O)[C@H]1O. The van der Waals surface area contributed by atoms with E-state index in [2.05, 4.69) is 4.74 Å². The summed E-state index contributed by atoms with van der Waals surface area (Å²) in [6, 6.07) is 0. The quantitative estimate of drug-likeness (QED) is 0.348. The molecule has 0 spiro atoms. The van der Waals surface area contributed by atoms with Crippen LogP contribution in [0, 0.1) is 0 Å². The molecule has 6 nitrogen and oxygen atoms in total. The Balaban J connectivity index is 2.63. The first-order chi connectivity index (χ1) is 5.57. The van der Waals surface area contributed by atoms with Gasteiger partial charge in [-0.3, -0.25) is 0 Å². The van der Waals surface area contributed by atoms with Crippen molar-refractivity contribution in [3.63, 3.8) is 0 Å². The van der Waals surface area contributed by atoms with E-state index in [1.165, 1.54) is 0 Å². The predicted octanol–water partition coefficient (Wildman–Crippen LogP) is -2.78. The molecule has 0 aromatic rings. The lowest BCUT2D eigenvalue weighted by atomic mass is 10.00. The van der Waals surface area contributed by atoms with Crippen molar-refractivity contribution in [1.82, 2.24) is 0 Å². The van der Waals surface area contributed by atoms with Crippen LogP contribution in [0.4, 0.5) is 0 Å². The van der Waals surface area contributed by atoms with Crippen LogP contribution in [0.3, 0.4) is 0 Å². The van der Waals surface area contributed by atoms with E-state index in [1.54, 1.807) is 0 Å². The molecule has 1 fully saturated rings. The molecule has 4 N–H and O–H groups in total. The standard InChI is InChI=1S/C6H11O6/c7-1-2-3(8)4(9)5(10)6(11)12-2/h2-10H,1H2/t2-,3-,4+,5-,6+/m1/s1. The zero-order chi connectivity index (χ0) is 9.30. The Morgan fingerprint density at radius 2 is 1.67 bits per heavy atom. The summed E-state index contributed by atoms with van der Waals surface area (Å²) in [6.07, 6.45) is -7.57. The minimum atomic E-state index is -1.82. The fourth-order valence-corrected chi connectivity index (χ4v) is 1.07. The van der Waals surface area contributed by atoms with E-state index in [0.717, 1.165) is 0 Å². The van der Waals surface area contributed by atoms with Crippen LogP contribution < -0.4 is 0 Å². The van der Waals surface area contributed by atoms with Crippen LogP contribution in [0.15, 0.2) is 0 Å². The molecule has 1 aliphatic rings. The topological polar surface area (TPSA) is 110 Å². The minimum Gasteiger partial charge on any atom is -0.394 e. The van der Waals surface area contributed by atoms with Crippen molar-refractivity contribution in [2.45, 2.75) is 30.7 Å². The molecule has 1 aliphatic heterocycles. The average molecular weight is 179 g/mol. The summed E-state index contributed by atoms with van der Waals surface area (Å²) in [5, 5.41) is 46.3. The molecule has 12 heavy (non-hydrogen) atoms. The van der Waals surface area contributed by atoms with Gasteiger partial charge in [0.15, 0.2) is 0 Å². The molecule has 0 unspecified atom stereocenters. The number of hydrogen-bond donors (Lipinski definition) is 4. The van der Waals surface area contributed by atoms with E-state index in [1.807, 2.05) is 0 Å². The van der Waals surface area contributed by atoms with Crippen molar-refractivity contribution in [3.8, 4) is 0 Å². The molecule has 0 aromatic carbocycles. The summed E-state index contributed by atoms with van der Waals surface area (Å²) in [6.45, 7) is -0.566. The van der Waals surface area contributed by atoms with Gasteiger partial charge in [0, 0.05) is 0 Å². The van der Waals surface area contributed by atoms with E-state index in [4.69, 9.17) is 20.4 Å². The van der Waals surface area contributed by atoms with Gasteiger partial charge in [-0.15, -0.1) is 0 Å². The van der Waals surface area contributed by atoms with E-state index in [-0.39, 0.29) is 0 Å². The number of aliphatic hydroxyl groups is 4. The normalized spacial score (nSPS) is 49.2. The van der Waals surface area contributed by atoms with Crippen molar-refractivity contribution in [3.05, 3.63) is 0 Å². The van der Waals surface area contributed by atoms with Crippen LogP contribution in [0.1, 0.15) is 0 Å². The lowest BCUT2D eigenvalue weighted by Crippen LogP contribution is -2.58. The maximum Gasteiger partial charge on any atom is 0.220 e. The molecule has 6 heteroatoms. The third-order valence-electron chi connectivity index (χ3n) is 1.85.